The number of hydrogen-bond donors (Lipinski definition) is 0. The van der Waals surface area contributed by atoms with E-state index >= 15 is 0 Å². The number of ether oxygens (including phenoxy) is 2. The Morgan fingerprint density at radius 1 is 1.39 bits per heavy atom. The molecule has 23 heavy (non-hydrogen) atoms. The lowest BCUT2D eigenvalue weighted by Crippen LogP contribution is -2.39. The summed E-state index contributed by atoms with van der Waals surface area (Å²) in [5, 5.41) is 0. The Labute approximate surface area is 134 Å². The van der Waals surface area contributed by atoms with Crippen molar-refractivity contribution in [3.05, 3.63) is 48.0 Å². The first kappa shape index (κ1) is 14.5. The van der Waals surface area contributed by atoms with Crippen LogP contribution in [0.15, 0.2) is 42.5 Å². The van der Waals surface area contributed by atoms with E-state index in [2.05, 4.69) is 0 Å². The van der Waals surface area contributed by atoms with Crippen LogP contribution in [-0.2, 0) is 25.6 Å². The number of carbonyl (C=O) groups excluding carboxylic acids is 2. The molecule has 0 radical (unpaired) electrons. The van der Waals surface area contributed by atoms with Gasteiger partial charge in [0.15, 0.2) is 0 Å². The van der Waals surface area contributed by atoms with E-state index in [1.165, 1.54) is 0 Å². The van der Waals surface area contributed by atoms with E-state index in [0.29, 0.717) is 19.7 Å². The monoisotopic (exact) mass is 313 g/mol. The van der Waals surface area contributed by atoms with Gasteiger partial charge in [-0.1, -0.05) is 42.5 Å². The Morgan fingerprint density at radius 2 is 2.17 bits per heavy atom. The number of hydrogen-bond acceptors (Lipinski definition) is 4. The molecule has 3 aliphatic heterocycles. The fraction of sp³-hybridized carbons (Fsp3) is 0.444. The number of likely N-dealkylation sites (tertiary alicyclic amines) is 1. The number of carbonyl (C=O) groups is 2. The van der Waals surface area contributed by atoms with Crippen molar-refractivity contribution in [3.8, 4) is 0 Å². The van der Waals surface area contributed by atoms with Crippen LogP contribution in [0.25, 0.3) is 0 Å². The Morgan fingerprint density at radius 3 is 2.91 bits per heavy atom. The van der Waals surface area contributed by atoms with Gasteiger partial charge in [-0.2, -0.15) is 0 Å². The van der Waals surface area contributed by atoms with Crippen LogP contribution in [-0.4, -0.2) is 41.6 Å². The molecule has 4 unspecified atom stereocenters. The molecule has 3 heterocycles. The highest BCUT2D eigenvalue weighted by molar-refractivity contribution is 5.91. The molecule has 4 rings (SSSR count). The molecule has 1 aromatic rings. The van der Waals surface area contributed by atoms with Crippen LogP contribution < -0.4 is 0 Å². The van der Waals surface area contributed by atoms with Crippen LogP contribution in [0.3, 0.4) is 0 Å². The molecule has 1 spiro atoms. The van der Waals surface area contributed by atoms with E-state index in [9.17, 15) is 9.59 Å². The van der Waals surface area contributed by atoms with Gasteiger partial charge in [0.2, 0.25) is 5.91 Å². The van der Waals surface area contributed by atoms with Crippen molar-refractivity contribution in [1.29, 1.82) is 0 Å². The second-order valence-electron chi connectivity index (χ2n) is 6.33. The van der Waals surface area contributed by atoms with Crippen molar-refractivity contribution >= 4 is 11.9 Å². The fourth-order valence-corrected chi connectivity index (χ4v) is 4.02. The SMILES string of the molecule is CCOC(=O)C1C2C=CC3(CN(Cc4ccccc4)C(=O)C13)O2. The van der Waals surface area contributed by atoms with Crippen molar-refractivity contribution in [1.82, 2.24) is 4.90 Å². The second kappa shape index (κ2) is 5.20. The normalized spacial score (nSPS) is 34.0. The minimum atomic E-state index is -0.659. The maximum absolute atomic E-state index is 12.9. The van der Waals surface area contributed by atoms with Crippen molar-refractivity contribution in [2.75, 3.05) is 13.2 Å². The van der Waals surface area contributed by atoms with Crippen molar-refractivity contribution in [2.45, 2.75) is 25.2 Å². The van der Waals surface area contributed by atoms with Gasteiger partial charge in [0.1, 0.15) is 11.5 Å². The molecule has 1 amide bonds. The molecule has 0 saturated carbocycles. The van der Waals surface area contributed by atoms with E-state index < -0.39 is 17.4 Å². The van der Waals surface area contributed by atoms with E-state index in [1.807, 2.05) is 42.5 Å². The first-order valence-corrected chi connectivity index (χ1v) is 8.01. The molecule has 2 bridgehead atoms. The summed E-state index contributed by atoms with van der Waals surface area (Å²) in [6, 6.07) is 9.86. The number of benzene rings is 1. The van der Waals surface area contributed by atoms with E-state index in [0.717, 1.165) is 5.56 Å². The smallest absolute Gasteiger partial charge is 0.312 e. The third kappa shape index (κ3) is 2.10. The van der Waals surface area contributed by atoms with Gasteiger partial charge in [0.05, 0.1) is 25.2 Å². The minimum absolute atomic E-state index is 0.0150. The van der Waals surface area contributed by atoms with Crippen LogP contribution >= 0.6 is 0 Å². The molecule has 5 heteroatoms. The molecule has 0 aromatic heterocycles. The molecule has 2 fully saturated rings. The standard InChI is InChI=1S/C18H19NO4/c1-2-22-17(21)14-13-8-9-18(23-13)11-19(16(20)15(14)18)10-12-6-4-3-5-7-12/h3-9,13-15H,2,10-11H2,1H3. The number of esters is 1. The molecule has 3 aliphatic rings. The van der Waals surface area contributed by atoms with Crippen LogP contribution in [0.4, 0.5) is 0 Å². The molecule has 2 saturated heterocycles. The zero-order chi connectivity index (χ0) is 16.0. The molecular formula is C18H19NO4. The molecule has 0 aliphatic carbocycles. The highest BCUT2D eigenvalue weighted by Crippen LogP contribution is 2.52. The zero-order valence-corrected chi connectivity index (χ0v) is 13.0. The topological polar surface area (TPSA) is 55.8 Å². The lowest BCUT2D eigenvalue weighted by Gasteiger charge is -2.22. The average molecular weight is 313 g/mol. The molecule has 0 N–H and O–H groups in total. The van der Waals surface area contributed by atoms with Gasteiger partial charge < -0.3 is 14.4 Å². The Hall–Kier alpha value is -2.14. The van der Waals surface area contributed by atoms with Crippen LogP contribution in [0.2, 0.25) is 0 Å². The molecule has 120 valence electrons. The fourth-order valence-electron chi connectivity index (χ4n) is 4.02. The van der Waals surface area contributed by atoms with Gasteiger partial charge in [0, 0.05) is 6.54 Å². The van der Waals surface area contributed by atoms with Crippen molar-refractivity contribution in [3.63, 3.8) is 0 Å². The lowest BCUT2D eigenvalue weighted by molar-refractivity contribution is -0.153. The van der Waals surface area contributed by atoms with Gasteiger partial charge in [-0.3, -0.25) is 9.59 Å². The first-order chi connectivity index (χ1) is 11.1. The molecule has 1 aromatic carbocycles. The maximum Gasteiger partial charge on any atom is 0.312 e. The summed E-state index contributed by atoms with van der Waals surface area (Å²) in [5.41, 5.74) is 0.414. The number of fused-ring (bicyclic) bond motifs is 1. The van der Waals surface area contributed by atoms with Crippen molar-refractivity contribution in [2.24, 2.45) is 11.8 Å². The number of nitrogens with zero attached hydrogens (tertiary/aromatic N) is 1. The minimum Gasteiger partial charge on any atom is -0.466 e. The first-order valence-electron chi connectivity index (χ1n) is 8.01. The largest absolute Gasteiger partial charge is 0.466 e. The van der Waals surface area contributed by atoms with E-state index in [-0.39, 0.29) is 18.0 Å². The van der Waals surface area contributed by atoms with Gasteiger partial charge in [-0.25, -0.2) is 0 Å². The zero-order valence-electron chi connectivity index (χ0n) is 13.0. The molecule has 5 nitrogen and oxygen atoms in total. The summed E-state index contributed by atoms with van der Waals surface area (Å²) in [7, 11) is 0. The Balaban J connectivity index is 1.60. The average Bonchev–Trinajstić information content (AvgIpc) is 3.17. The Kier molecular flexibility index (Phi) is 3.27. The van der Waals surface area contributed by atoms with Crippen LogP contribution in [0.5, 0.6) is 0 Å². The molecule has 4 atom stereocenters. The summed E-state index contributed by atoms with van der Waals surface area (Å²) < 4.78 is 11.2. The highest BCUT2D eigenvalue weighted by atomic mass is 16.6. The maximum atomic E-state index is 12.9. The third-order valence-corrected chi connectivity index (χ3v) is 4.95. The summed E-state index contributed by atoms with van der Waals surface area (Å²) in [5.74, 6) is -1.32. The second-order valence-corrected chi connectivity index (χ2v) is 6.33. The number of rotatable bonds is 4. The van der Waals surface area contributed by atoms with Gasteiger partial charge in [-0.05, 0) is 12.5 Å². The Bertz CT molecular complexity index is 671. The highest BCUT2D eigenvalue weighted by Gasteiger charge is 2.67. The van der Waals surface area contributed by atoms with E-state index in [4.69, 9.17) is 9.47 Å². The van der Waals surface area contributed by atoms with Gasteiger partial charge in [0.25, 0.3) is 0 Å². The molecular weight excluding hydrogens is 294 g/mol. The van der Waals surface area contributed by atoms with Gasteiger partial charge >= 0.3 is 5.97 Å². The summed E-state index contributed by atoms with van der Waals surface area (Å²) in [4.78, 5) is 27.0. The van der Waals surface area contributed by atoms with E-state index in [1.54, 1.807) is 11.8 Å². The lowest BCUT2D eigenvalue weighted by atomic mass is 9.77. The summed E-state index contributed by atoms with van der Waals surface area (Å²) in [6.45, 7) is 3.12. The summed E-state index contributed by atoms with van der Waals surface area (Å²) >= 11 is 0. The quantitative estimate of drug-likeness (QED) is 0.625. The van der Waals surface area contributed by atoms with Crippen LogP contribution in [0.1, 0.15) is 12.5 Å². The third-order valence-electron chi connectivity index (χ3n) is 4.95. The summed E-state index contributed by atoms with van der Waals surface area (Å²) in [6.07, 6.45) is 3.53. The van der Waals surface area contributed by atoms with Crippen LogP contribution in [0, 0.1) is 11.8 Å². The predicted molar refractivity (Wildman–Crippen MR) is 82.2 cm³/mol. The predicted octanol–water partition coefficient (Wildman–Crippen LogP) is 1.53. The number of amides is 1. The van der Waals surface area contributed by atoms with Gasteiger partial charge in [-0.15, -0.1) is 0 Å². The van der Waals surface area contributed by atoms with Crippen molar-refractivity contribution < 1.29 is 19.1 Å².